The van der Waals surface area contributed by atoms with Gasteiger partial charge in [-0.1, -0.05) is 22.9 Å². The van der Waals surface area contributed by atoms with Crippen LogP contribution in [0.2, 0.25) is 0 Å². The van der Waals surface area contributed by atoms with Crippen LogP contribution in [-0.2, 0) is 11.3 Å². The molecule has 3 heterocycles. The maximum absolute atomic E-state index is 13.0. The first kappa shape index (κ1) is 22.1. The first-order valence-corrected chi connectivity index (χ1v) is 12.1. The molecule has 1 atom stereocenters. The van der Waals surface area contributed by atoms with Gasteiger partial charge in [0.25, 0.3) is 5.56 Å². The van der Waals surface area contributed by atoms with Crippen LogP contribution in [0.1, 0.15) is 39.0 Å². The molecule has 1 aliphatic rings. The summed E-state index contributed by atoms with van der Waals surface area (Å²) in [6.45, 7) is 6.97. The van der Waals surface area contributed by atoms with Crippen LogP contribution >= 0.6 is 15.9 Å². The fourth-order valence-electron chi connectivity index (χ4n) is 4.66. The van der Waals surface area contributed by atoms with Crippen molar-refractivity contribution in [2.75, 3.05) is 26.2 Å². The third-order valence-electron chi connectivity index (χ3n) is 6.20. The Labute approximate surface area is 191 Å². The minimum absolute atomic E-state index is 0.0215. The van der Waals surface area contributed by atoms with Crippen molar-refractivity contribution in [3.63, 3.8) is 0 Å². The zero-order valence-corrected chi connectivity index (χ0v) is 19.7. The summed E-state index contributed by atoms with van der Waals surface area (Å²) in [7, 11) is 0. The van der Waals surface area contributed by atoms with Gasteiger partial charge in [-0.05, 0) is 75.0 Å². The van der Waals surface area contributed by atoms with Gasteiger partial charge < -0.3 is 19.2 Å². The number of hydrogen-bond acceptors (Lipinski definition) is 3. The van der Waals surface area contributed by atoms with Gasteiger partial charge in [0.05, 0.1) is 11.0 Å². The summed E-state index contributed by atoms with van der Waals surface area (Å²) in [6, 6.07) is 9.70. The molecule has 0 spiro atoms. The predicted octanol–water partition coefficient (Wildman–Crippen LogP) is 4.04. The van der Waals surface area contributed by atoms with E-state index in [1.165, 1.54) is 25.9 Å². The van der Waals surface area contributed by atoms with Gasteiger partial charge in [0.2, 0.25) is 5.91 Å². The zero-order valence-electron chi connectivity index (χ0n) is 18.1. The van der Waals surface area contributed by atoms with Crippen molar-refractivity contribution in [2.45, 2.75) is 45.6 Å². The molecule has 6 nitrogen and oxygen atoms in total. The van der Waals surface area contributed by atoms with Crippen molar-refractivity contribution in [2.24, 2.45) is 5.92 Å². The Hall–Kier alpha value is -2.12. The SMILES string of the molecule is C[C@@H]1CCCN(CCCNC(=O)CCCn2c(=O)c3cccn3c3ccc(Br)cc32)C1. The number of carbonyl (C=O) groups is 1. The van der Waals surface area contributed by atoms with E-state index in [1.54, 1.807) is 4.57 Å². The average molecular weight is 487 g/mol. The molecule has 0 aliphatic carbocycles. The van der Waals surface area contributed by atoms with Crippen molar-refractivity contribution in [3.8, 4) is 0 Å². The second-order valence-electron chi connectivity index (χ2n) is 8.71. The topological polar surface area (TPSA) is 58.8 Å². The lowest BCUT2D eigenvalue weighted by molar-refractivity contribution is -0.121. The third kappa shape index (κ3) is 5.21. The second-order valence-corrected chi connectivity index (χ2v) is 9.62. The van der Waals surface area contributed by atoms with Crippen molar-refractivity contribution >= 4 is 38.4 Å². The summed E-state index contributed by atoms with van der Waals surface area (Å²) < 4.78 is 4.65. The number of benzene rings is 1. The number of carbonyl (C=O) groups excluding carboxylic acids is 1. The molecule has 4 rings (SSSR count). The molecule has 3 aromatic rings. The van der Waals surface area contributed by atoms with E-state index in [-0.39, 0.29) is 11.5 Å². The second kappa shape index (κ2) is 10.0. The fourth-order valence-corrected chi connectivity index (χ4v) is 5.01. The van der Waals surface area contributed by atoms with E-state index in [2.05, 4.69) is 33.1 Å². The summed E-state index contributed by atoms with van der Waals surface area (Å²) in [4.78, 5) is 27.8. The van der Waals surface area contributed by atoms with E-state index in [4.69, 9.17) is 0 Å². The molecule has 1 fully saturated rings. The highest BCUT2D eigenvalue weighted by atomic mass is 79.9. The molecule has 1 aliphatic heterocycles. The maximum Gasteiger partial charge on any atom is 0.275 e. The molecule has 31 heavy (non-hydrogen) atoms. The van der Waals surface area contributed by atoms with E-state index in [1.807, 2.05) is 40.9 Å². The van der Waals surface area contributed by atoms with Gasteiger partial charge >= 0.3 is 0 Å². The molecular weight excluding hydrogens is 456 g/mol. The first-order chi connectivity index (χ1) is 15.0. The third-order valence-corrected chi connectivity index (χ3v) is 6.69. The lowest BCUT2D eigenvalue weighted by atomic mass is 10.0. The van der Waals surface area contributed by atoms with Gasteiger partial charge in [-0.3, -0.25) is 9.59 Å². The number of aryl methyl sites for hydroxylation is 1. The molecule has 7 heteroatoms. The average Bonchev–Trinajstić information content (AvgIpc) is 3.24. The number of aromatic nitrogens is 2. The highest BCUT2D eigenvalue weighted by Crippen LogP contribution is 2.21. The first-order valence-electron chi connectivity index (χ1n) is 11.3. The standard InChI is InChI=1S/C24H31BrN4O2/c1-18-6-2-12-27(17-18)13-5-11-26-23(30)8-4-15-29-22-16-19(25)9-10-20(22)28-14-3-7-21(28)24(29)31/h3,7,9-10,14,16,18H,2,4-6,8,11-13,15,17H2,1H3,(H,26,30)/t18-/m1/s1. The van der Waals surface area contributed by atoms with Gasteiger partial charge in [0, 0.05) is 36.7 Å². The molecule has 1 N–H and O–H groups in total. The Kier molecular flexibility index (Phi) is 7.13. The van der Waals surface area contributed by atoms with Crippen molar-refractivity contribution in [3.05, 3.63) is 51.4 Å². The van der Waals surface area contributed by atoms with Crippen LogP contribution in [0.15, 0.2) is 45.8 Å². The fraction of sp³-hybridized carbons (Fsp3) is 0.500. The van der Waals surface area contributed by atoms with E-state index in [0.29, 0.717) is 24.9 Å². The molecule has 166 valence electrons. The van der Waals surface area contributed by atoms with Crippen molar-refractivity contribution in [1.29, 1.82) is 0 Å². The van der Waals surface area contributed by atoms with Crippen LogP contribution in [0.4, 0.5) is 0 Å². The van der Waals surface area contributed by atoms with Gasteiger partial charge in [0.15, 0.2) is 0 Å². The largest absolute Gasteiger partial charge is 0.356 e. The lowest BCUT2D eigenvalue weighted by Gasteiger charge is -2.30. The highest BCUT2D eigenvalue weighted by Gasteiger charge is 2.15. The summed E-state index contributed by atoms with van der Waals surface area (Å²) in [5, 5.41) is 3.04. The quantitative estimate of drug-likeness (QED) is 0.488. The Morgan fingerprint density at radius 3 is 2.87 bits per heavy atom. The number of halogens is 1. The van der Waals surface area contributed by atoms with Crippen molar-refractivity contribution in [1.82, 2.24) is 19.2 Å². The van der Waals surface area contributed by atoms with Crippen LogP contribution < -0.4 is 10.9 Å². The Morgan fingerprint density at radius 2 is 2.03 bits per heavy atom. The number of amides is 1. The Balaban J connectivity index is 1.31. The van der Waals surface area contributed by atoms with E-state index in [9.17, 15) is 9.59 Å². The van der Waals surface area contributed by atoms with E-state index >= 15 is 0 Å². The number of rotatable bonds is 8. The Morgan fingerprint density at radius 1 is 1.16 bits per heavy atom. The number of piperidine rings is 1. The maximum atomic E-state index is 13.0. The van der Waals surface area contributed by atoms with Gasteiger partial charge in [-0.25, -0.2) is 0 Å². The lowest BCUT2D eigenvalue weighted by Crippen LogP contribution is -2.36. The van der Waals surface area contributed by atoms with Crippen LogP contribution in [0.3, 0.4) is 0 Å². The highest BCUT2D eigenvalue weighted by molar-refractivity contribution is 9.10. The monoisotopic (exact) mass is 486 g/mol. The van der Waals surface area contributed by atoms with Crippen LogP contribution in [-0.4, -0.2) is 46.0 Å². The van der Waals surface area contributed by atoms with Gasteiger partial charge in [-0.15, -0.1) is 0 Å². The molecule has 1 amide bonds. The summed E-state index contributed by atoms with van der Waals surface area (Å²) >= 11 is 3.51. The van der Waals surface area contributed by atoms with Crippen molar-refractivity contribution < 1.29 is 4.79 Å². The number of hydrogen-bond donors (Lipinski definition) is 1. The molecule has 0 saturated carbocycles. The van der Waals surface area contributed by atoms with Gasteiger partial charge in [0.1, 0.15) is 5.52 Å². The van der Waals surface area contributed by atoms with Crippen LogP contribution in [0, 0.1) is 5.92 Å². The zero-order chi connectivity index (χ0) is 21.8. The molecule has 0 unspecified atom stereocenters. The number of nitrogens with zero attached hydrogens (tertiary/aromatic N) is 3. The molecule has 1 saturated heterocycles. The Bertz CT molecular complexity index is 1120. The predicted molar refractivity (Wildman–Crippen MR) is 129 cm³/mol. The van der Waals surface area contributed by atoms with Crippen LogP contribution in [0.5, 0.6) is 0 Å². The smallest absolute Gasteiger partial charge is 0.275 e. The van der Waals surface area contributed by atoms with E-state index in [0.717, 1.165) is 40.9 Å². The number of nitrogens with one attached hydrogen (secondary N) is 1. The summed E-state index contributed by atoms with van der Waals surface area (Å²) in [6.07, 6.45) is 6.58. The molecular formula is C24H31BrN4O2. The summed E-state index contributed by atoms with van der Waals surface area (Å²) in [5.74, 6) is 0.851. The molecule has 2 aromatic heterocycles. The van der Waals surface area contributed by atoms with Crippen LogP contribution in [0.25, 0.3) is 16.6 Å². The molecule has 0 radical (unpaired) electrons. The van der Waals surface area contributed by atoms with E-state index < -0.39 is 0 Å². The summed E-state index contributed by atoms with van der Waals surface area (Å²) in [5.41, 5.74) is 2.50. The molecule has 1 aromatic carbocycles. The number of likely N-dealkylation sites (tertiary alicyclic amines) is 1. The number of fused-ring (bicyclic) bond motifs is 3. The van der Waals surface area contributed by atoms with Gasteiger partial charge in [-0.2, -0.15) is 0 Å². The minimum Gasteiger partial charge on any atom is -0.356 e. The normalized spacial score (nSPS) is 17.4. The molecule has 0 bridgehead atoms. The minimum atomic E-state index is -0.0215.